The SMILES string of the molecule is CCOc1ccc(OCC)c(NC(N)=NCc2noc(C(C)(C)C)n2)c1. The van der Waals surface area contributed by atoms with Gasteiger partial charge in [-0.25, -0.2) is 4.99 Å². The minimum atomic E-state index is -0.204. The van der Waals surface area contributed by atoms with Crippen LogP contribution in [-0.4, -0.2) is 29.3 Å². The van der Waals surface area contributed by atoms with E-state index in [2.05, 4.69) is 20.4 Å². The molecule has 26 heavy (non-hydrogen) atoms. The largest absolute Gasteiger partial charge is 0.494 e. The molecule has 0 spiro atoms. The van der Waals surface area contributed by atoms with Crippen molar-refractivity contribution in [1.29, 1.82) is 0 Å². The minimum absolute atomic E-state index is 0.204. The lowest BCUT2D eigenvalue weighted by molar-refractivity contribution is 0.318. The Morgan fingerprint density at radius 2 is 1.96 bits per heavy atom. The average molecular weight is 361 g/mol. The van der Waals surface area contributed by atoms with E-state index in [1.807, 2.05) is 52.8 Å². The van der Waals surface area contributed by atoms with E-state index in [0.717, 1.165) is 5.75 Å². The number of benzene rings is 1. The van der Waals surface area contributed by atoms with E-state index in [9.17, 15) is 0 Å². The molecule has 0 radical (unpaired) electrons. The molecule has 8 heteroatoms. The number of aromatic nitrogens is 2. The molecular formula is C18H27N5O3. The molecule has 2 aromatic rings. The van der Waals surface area contributed by atoms with Gasteiger partial charge in [0, 0.05) is 11.5 Å². The van der Waals surface area contributed by atoms with Gasteiger partial charge in [0.25, 0.3) is 0 Å². The third-order valence-electron chi connectivity index (χ3n) is 3.33. The Labute approximate surface area is 153 Å². The summed E-state index contributed by atoms with van der Waals surface area (Å²) in [5, 5.41) is 6.96. The zero-order chi connectivity index (χ0) is 19.2. The van der Waals surface area contributed by atoms with Gasteiger partial charge in [0.15, 0.2) is 11.8 Å². The highest BCUT2D eigenvalue weighted by atomic mass is 16.5. The molecule has 0 aliphatic rings. The third kappa shape index (κ3) is 5.37. The highest BCUT2D eigenvalue weighted by Gasteiger charge is 2.21. The number of nitrogens with zero attached hydrogens (tertiary/aromatic N) is 3. The molecule has 2 rings (SSSR count). The van der Waals surface area contributed by atoms with Crippen LogP contribution in [0.25, 0.3) is 0 Å². The van der Waals surface area contributed by atoms with E-state index in [4.69, 9.17) is 19.7 Å². The van der Waals surface area contributed by atoms with Crippen LogP contribution in [0.4, 0.5) is 5.69 Å². The molecule has 0 unspecified atom stereocenters. The van der Waals surface area contributed by atoms with E-state index in [0.29, 0.717) is 36.4 Å². The second-order valence-corrected chi connectivity index (χ2v) is 6.62. The van der Waals surface area contributed by atoms with Gasteiger partial charge in [-0.2, -0.15) is 4.98 Å². The summed E-state index contributed by atoms with van der Waals surface area (Å²) in [6, 6.07) is 5.50. The van der Waals surface area contributed by atoms with Gasteiger partial charge in [0.1, 0.15) is 18.0 Å². The first-order chi connectivity index (χ1) is 12.3. The fraction of sp³-hybridized carbons (Fsp3) is 0.500. The molecule has 3 N–H and O–H groups in total. The van der Waals surface area contributed by atoms with Crippen LogP contribution in [-0.2, 0) is 12.0 Å². The number of nitrogens with two attached hydrogens (primary N) is 1. The van der Waals surface area contributed by atoms with Crippen LogP contribution < -0.4 is 20.5 Å². The molecule has 0 aliphatic carbocycles. The van der Waals surface area contributed by atoms with Crippen molar-refractivity contribution in [3.63, 3.8) is 0 Å². The van der Waals surface area contributed by atoms with Crippen LogP contribution in [0.5, 0.6) is 11.5 Å². The maximum absolute atomic E-state index is 5.99. The topological polar surface area (TPSA) is 108 Å². The Bertz CT molecular complexity index is 750. The van der Waals surface area contributed by atoms with E-state index in [1.54, 1.807) is 0 Å². The lowest BCUT2D eigenvalue weighted by Crippen LogP contribution is -2.23. The van der Waals surface area contributed by atoms with Crippen molar-refractivity contribution in [2.75, 3.05) is 18.5 Å². The Morgan fingerprint density at radius 3 is 2.58 bits per heavy atom. The van der Waals surface area contributed by atoms with E-state index in [1.165, 1.54) is 0 Å². The van der Waals surface area contributed by atoms with Crippen molar-refractivity contribution >= 4 is 11.6 Å². The second kappa shape index (κ2) is 8.55. The van der Waals surface area contributed by atoms with E-state index in [-0.39, 0.29) is 17.9 Å². The molecule has 0 saturated carbocycles. The number of aliphatic imine (C=N–C) groups is 1. The van der Waals surface area contributed by atoms with Crippen molar-refractivity contribution in [3.8, 4) is 11.5 Å². The third-order valence-corrected chi connectivity index (χ3v) is 3.33. The van der Waals surface area contributed by atoms with Crippen LogP contribution in [0.3, 0.4) is 0 Å². The van der Waals surface area contributed by atoms with Gasteiger partial charge in [0.05, 0.1) is 18.9 Å². The van der Waals surface area contributed by atoms with Crippen molar-refractivity contribution in [3.05, 3.63) is 29.9 Å². The number of anilines is 1. The molecule has 1 aromatic carbocycles. The van der Waals surface area contributed by atoms with Crippen LogP contribution in [0.15, 0.2) is 27.7 Å². The summed E-state index contributed by atoms with van der Waals surface area (Å²) in [4.78, 5) is 8.60. The number of rotatable bonds is 7. The summed E-state index contributed by atoms with van der Waals surface area (Å²) < 4.78 is 16.4. The Kier molecular flexibility index (Phi) is 6.43. The summed E-state index contributed by atoms with van der Waals surface area (Å²) in [7, 11) is 0. The van der Waals surface area contributed by atoms with Crippen LogP contribution >= 0.6 is 0 Å². The summed E-state index contributed by atoms with van der Waals surface area (Å²) in [6.07, 6.45) is 0. The van der Waals surface area contributed by atoms with Crippen molar-refractivity contribution in [2.45, 2.75) is 46.6 Å². The van der Waals surface area contributed by atoms with Gasteiger partial charge in [-0.1, -0.05) is 25.9 Å². The van der Waals surface area contributed by atoms with Crippen molar-refractivity contribution < 1.29 is 14.0 Å². The summed E-state index contributed by atoms with van der Waals surface area (Å²) in [5.41, 5.74) is 6.47. The number of guanidine groups is 1. The molecule has 0 aliphatic heterocycles. The minimum Gasteiger partial charge on any atom is -0.494 e. The first-order valence-corrected chi connectivity index (χ1v) is 8.63. The normalized spacial score (nSPS) is 12.1. The molecular weight excluding hydrogens is 334 g/mol. The summed E-state index contributed by atoms with van der Waals surface area (Å²) in [5.74, 6) is 2.66. The standard InChI is InChI=1S/C18H27N5O3/c1-6-24-12-8-9-14(25-7-2)13(10-12)21-17(19)20-11-15-22-16(26-23-15)18(3,4)5/h8-10H,6-7,11H2,1-5H3,(H3,19,20,21). The lowest BCUT2D eigenvalue weighted by Gasteiger charge is -2.13. The maximum Gasteiger partial charge on any atom is 0.232 e. The van der Waals surface area contributed by atoms with Gasteiger partial charge in [-0.05, 0) is 26.0 Å². The summed E-state index contributed by atoms with van der Waals surface area (Å²) in [6.45, 7) is 11.2. The second-order valence-electron chi connectivity index (χ2n) is 6.62. The number of nitrogens with one attached hydrogen (secondary N) is 1. The number of hydrogen-bond donors (Lipinski definition) is 2. The number of ether oxygens (including phenoxy) is 2. The molecule has 0 atom stereocenters. The van der Waals surface area contributed by atoms with Gasteiger partial charge in [0.2, 0.25) is 5.89 Å². The van der Waals surface area contributed by atoms with Crippen molar-refractivity contribution in [1.82, 2.24) is 10.1 Å². The van der Waals surface area contributed by atoms with Gasteiger partial charge in [-0.3, -0.25) is 0 Å². The summed E-state index contributed by atoms with van der Waals surface area (Å²) >= 11 is 0. The highest BCUT2D eigenvalue weighted by Crippen LogP contribution is 2.29. The molecule has 0 saturated heterocycles. The van der Waals surface area contributed by atoms with E-state index >= 15 is 0 Å². The first kappa shape index (κ1) is 19.6. The van der Waals surface area contributed by atoms with E-state index < -0.39 is 0 Å². The first-order valence-electron chi connectivity index (χ1n) is 8.63. The van der Waals surface area contributed by atoms with Crippen LogP contribution in [0.1, 0.15) is 46.3 Å². The molecule has 142 valence electrons. The molecule has 0 amide bonds. The van der Waals surface area contributed by atoms with Gasteiger partial charge < -0.3 is 25.0 Å². The zero-order valence-corrected chi connectivity index (χ0v) is 16.0. The molecule has 1 aromatic heterocycles. The molecule has 0 fully saturated rings. The molecule has 1 heterocycles. The number of hydrogen-bond acceptors (Lipinski definition) is 6. The predicted octanol–water partition coefficient (Wildman–Crippen LogP) is 3.09. The Hall–Kier alpha value is -2.77. The van der Waals surface area contributed by atoms with Crippen LogP contribution in [0, 0.1) is 0 Å². The smallest absolute Gasteiger partial charge is 0.232 e. The highest BCUT2D eigenvalue weighted by molar-refractivity contribution is 5.93. The predicted molar refractivity (Wildman–Crippen MR) is 101 cm³/mol. The van der Waals surface area contributed by atoms with Crippen molar-refractivity contribution in [2.24, 2.45) is 10.7 Å². The quantitative estimate of drug-likeness (QED) is 0.576. The van der Waals surface area contributed by atoms with Crippen LogP contribution in [0.2, 0.25) is 0 Å². The zero-order valence-electron chi connectivity index (χ0n) is 16.0. The fourth-order valence-corrected chi connectivity index (χ4v) is 2.10. The Morgan fingerprint density at radius 1 is 1.23 bits per heavy atom. The molecule has 0 bridgehead atoms. The lowest BCUT2D eigenvalue weighted by atomic mass is 9.97. The molecule has 8 nitrogen and oxygen atoms in total. The fourth-order valence-electron chi connectivity index (χ4n) is 2.10. The average Bonchev–Trinajstić information content (AvgIpc) is 3.05. The Balaban J connectivity index is 2.10. The monoisotopic (exact) mass is 361 g/mol. The maximum atomic E-state index is 5.99. The van der Waals surface area contributed by atoms with Gasteiger partial charge in [-0.15, -0.1) is 0 Å². The van der Waals surface area contributed by atoms with Gasteiger partial charge >= 0.3 is 0 Å².